The number of fused-ring (bicyclic) bond motifs is 1. The highest BCUT2D eigenvalue weighted by Gasteiger charge is 2.13. The average Bonchev–Trinajstić information content (AvgIpc) is 2.65. The summed E-state index contributed by atoms with van der Waals surface area (Å²) in [5, 5.41) is 11.1. The minimum Gasteiger partial charge on any atom is -0.373 e. The predicted molar refractivity (Wildman–Crippen MR) is 112 cm³/mol. The number of carbonyl (C=O) groups excluding carboxylic acids is 1. The molecule has 3 rings (SSSR count). The zero-order chi connectivity index (χ0) is 19.1. The van der Waals surface area contributed by atoms with Gasteiger partial charge in [0, 0.05) is 24.9 Å². The SMILES string of the molecule is CN(C)CCCNC1=NC(NC(=O)Nc2ccc3ccccc3c2)N=CC1. The Morgan fingerprint density at radius 2 is 2.00 bits per heavy atom. The summed E-state index contributed by atoms with van der Waals surface area (Å²) in [4.78, 5) is 23.1. The molecule has 2 aromatic rings. The van der Waals surface area contributed by atoms with Gasteiger partial charge in [-0.25, -0.2) is 9.79 Å². The van der Waals surface area contributed by atoms with Crippen LogP contribution in [0.4, 0.5) is 10.5 Å². The fourth-order valence-corrected chi connectivity index (χ4v) is 2.84. The molecule has 0 saturated carbocycles. The van der Waals surface area contributed by atoms with E-state index in [1.54, 1.807) is 6.21 Å². The van der Waals surface area contributed by atoms with Crippen LogP contribution in [-0.2, 0) is 0 Å². The number of nitrogens with one attached hydrogen (secondary N) is 3. The molecular formula is C20H26N6O. The third-order valence-corrected chi connectivity index (χ3v) is 4.19. The van der Waals surface area contributed by atoms with Gasteiger partial charge >= 0.3 is 6.03 Å². The Kier molecular flexibility index (Phi) is 6.38. The molecule has 2 amide bonds. The summed E-state index contributed by atoms with van der Waals surface area (Å²) in [6, 6.07) is 13.5. The molecule has 2 aromatic carbocycles. The molecule has 0 aliphatic carbocycles. The normalized spacial score (nSPS) is 16.3. The number of amides is 2. The molecule has 0 spiro atoms. The van der Waals surface area contributed by atoms with E-state index in [9.17, 15) is 4.79 Å². The number of amidine groups is 1. The van der Waals surface area contributed by atoms with Crippen molar-refractivity contribution >= 4 is 34.5 Å². The Labute approximate surface area is 159 Å². The average molecular weight is 366 g/mol. The van der Waals surface area contributed by atoms with E-state index in [4.69, 9.17) is 0 Å². The maximum absolute atomic E-state index is 12.3. The fourth-order valence-electron chi connectivity index (χ4n) is 2.84. The van der Waals surface area contributed by atoms with E-state index >= 15 is 0 Å². The van der Waals surface area contributed by atoms with Crippen LogP contribution in [0.5, 0.6) is 0 Å². The second-order valence-electron chi connectivity index (χ2n) is 6.73. The standard InChI is InChI=1S/C20H26N6O/c1-26(2)13-5-11-21-18-10-12-22-19(24-18)25-20(27)23-17-9-8-15-6-3-4-7-16(15)14-17/h3-4,6-9,12,14,19H,5,10-11,13H2,1-2H3,(H,21,24)(H2,23,25,27). The second-order valence-corrected chi connectivity index (χ2v) is 6.73. The molecule has 142 valence electrons. The highest BCUT2D eigenvalue weighted by atomic mass is 16.2. The predicted octanol–water partition coefficient (Wildman–Crippen LogP) is 2.66. The minimum absolute atomic E-state index is 0.329. The van der Waals surface area contributed by atoms with Crippen LogP contribution >= 0.6 is 0 Å². The molecule has 1 unspecified atom stereocenters. The lowest BCUT2D eigenvalue weighted by molar-refractivity contribution is 0.249. The lowest BCUT2D eigenvalue weighted by atomic mass is 10.1. The molecule has 1 aliphatic heterocycles. The van der Waals surface area contributed by atoms with Gasteiger partial charge < -0.3 is 15.5 Å². The van der Waals surface area contributed by atoms with Crippen LogP contribution in [0.1, 0.15) is 12.8 Å². The molecule has 27 heavy (non-hydrogen) atoms. The summed E-state index contributed by atoms with van der Waals surface area (Å²) in [5.74, 6) is 0.847. The lowest BCUT2D eigenvalue weighted by Gasteiger charge is -2.18. The van der Waals surface area contributed by atoms with E-state index in [1.165, 1.54) is 0 Å². The third kappa shape index (κ3) is 5.79. The molecule has 0 aromatic heterocycles. The first-order valence-corrected chi connectivity index (χ1v) is 9.13. The van der Waals surface area contributed by atoms with Crippen molar-refractivity contribution in [1.29, 1.82) is 0 Å². The summed E-state index contributed by atoms with van der Waals surface area (Å²) in [5.41, 5.74) is 0.733. The van der Waals surface area contributed by atoms with Crippen molar-refractivity contribution in [2.45, 2.75) is 19.1 Å². The third-order valence-electron chi connectivity index (χ3n) is 4.19. The van der Waals surface area contributed by atoms with Crippen LogP contribution < -0.4 is 16.0 Å². The molecule has 7 heteroatoms. The van der Waals surface area contributed by atoms with Crippen molar-refractivity contribution in [3.63, 3.8) is 0 Å². The number of carbonyl (C=O) groups is 1. The number of hydrogen-bond acceptors (Lipinski definition) is 5. The van der Waals surface area contributed by atoms with Crippen molar-refractivity contribution in [3.05, 3.63) is 42.5 Å². The zero-order valence-electron chi connectivity index (χ0n) is 15.8. The number of anilines is 1. The Bertz CT molecular complexity index is 845. The summed E-state index contributed by atoms with van der Waals surface area (Å²) in [6.07, 6.45) is 2.87. The summed E-state index contributed by atoms with van der Waals surface area (Å²) in [6.45, 7) is 1.87. The number of rotatable bonds is 6. The van der Waals surface area contributed by atoms with Gasteiger partial charge in [0.1, 0.15) is 5.84 Å². The minimum atomic E-state index is -0.601. The Morgan fingerprint density at radius 1 is 1.19 bits per heavy atom. The fraction of sp³-hybridized carbons (Fsp3) is 0.350. The highest BCUT2D eigenvalue weighted by Crippen LogP contribution is 2.18. The Morgan fingerprint density at radius 3 is 2.81 bits per heavy atom. The topological polar surface area (TPSA) is 81.1 Å². The number of nitrogens with zero attached hydrogens (tertiary/aromatic N) is 3. The van der Waals surface area contributed by atoms with Crippen LogP contribution in [0.2, 0.25) is 0 Å². The quantitative estimate of drug-likeness (QED) is 0.688. The molecule has 0 bridgehead atoms. The molecule has 3 N–H and O–H groups in total. The van der Waals surface area contributed by atoms with E-state index in [1.807, 2.05) is 42.5 Å². The van der Waals surface area contributed by atoms with E-state index in [0.29, 0.717) is 6.42 Å². The van der Waals surface area contributed by atoms with Gasteiger partial charge in [-0.1, -0.05) is 30.3 Å². The number of benzene rings is 2. The maximum atomic E-state index is 12.3. The van der Waals surface area contributed by atoms with Crippen molar-refractivity contribution in [1.82, 2.24) is 15.5 Å². The molecule has 1 aliphatic rings. The largest absolute Gasteiger partial charge is 0.373 e. The van der Waals surface area contributed by atoms with Crippen LogP contribution in [0, 0.1) is 0 Å². The van der Waals surface area contributed by atoms with Gasteiger partial charge in [-0.2, -0.15) is 0 Å². The Hall–Kier alpha value is -2.93. The van der Waals surface area contributed by atoms with Gasteiger partial charge in [0.15, 0.2) is 0 Å². The first-order valence-electron chi connectivity index (χ1n) is 9.13. The van der Waals surface area contributed by atoms with Crippen molar-refractivity contribution in [2.24, 2.45) is 9.98 Å². The van der Waals surface area contributed by atoms with Gasteiger partial charge in [0.25, 0.3) is 0 Å². The van der Waals surface area contributed by atoms with Crippen molar-refractivity contribution in [2.75, 3.05) is 32.5 Å². The first-order chi connectivity index (χ1) is 13.1. The number of urea groups is 1. The number of aliphatic imine (C=N–C) groups is 2. The number of hydrogen-bond donors (Lipinski definition) is 3. The molecule has 1 atom stereocenters. The second kappa shape index (κ2) is 9.14. The molecule has 0 saturated heterocycles. The van der Waals surface area contributed by atoms with Gasteiger partial charge in [-0.05, 0) is 50.0 Å². The van der Waals surface area contributed by atoms with Gasteiger partial charge in [-0.3, -0.25) is 10.3 Å². The molecule has 7 nitrogen and oxygen atoms in total. The monoisotopic (exact) mass is 366 g/mol. The van der Waals surface area contributed by atoms with E-state index in [2.05, 4.69) is 44.9 Å². The van der Waals surface area contributed by atoms with Crippen LogP contribution in [0.3, 0.4) is 0 Å². The summed E-state index contributed by atoms with van der Waals surface area (Å²) in [7, 11) is 4.11. The van der Waals surface area contributed by atoms with E-state index in [-0.39, 0.29) is 6.03 Å². The van der Waals surface area contributed by atoms with E-state index in [0.717, 1.165) is 41.8 Å². The molecule has 0 fully saturated rings. The molecule has 0 radical (unpaired) electrons. The molecule has 1 heterocycles. The molecular weight excluding hydrogens is 340 g/mol. The van der Waals surface area contributed by atoms with Gasteiger partial charge in [0.05, 0.1) is 0 Å². The van der Waals surface area contributed by atoms with Crippen LogP contribution in [-0.4, -0.2) is 56.5 Å². The smallest absolute Gasteiger partial charge is 0.322 e. The highest BCUT2D eigenvalue weighted by molar-refractivity contribution is 5.96. The summed E-state index contributed by atoms with van der Waals surface area (Å²) < 4.78 is 0. The zero-order valence-corrected chi connectivity index (χ0v) is 15.8. The lowest BCUT2D eigenvalue weighted by Crippen LogP contribution is -2.40. The van der Waals surface area contributed by atoms with Crippen LogP contribution in [0.25, 0.3) is 10.8 Å². The first kappa shape index (κ1) is 18.8. The van der Waals surface area contributed by atoms with Crippen molar-refractivity contribution in [3.8, 4) is 0 Å². The van der Waals surface area contributed by atoms with E-state index < -0.39 is 6.29 Å². The van der Waals surface area contributed by atoms with Crippen LogP contribution in [0.15, 0.2) is 52.4 Å². The maximum Gasteiger partial charge on any atom is 0.322 e. The van der Waals surface area contributed by atoms with Gasteiger partial charge in [-0.15, -0.1) is 0 Å². The summed E-state index contributed by atoms with van der Waals surface area (Å²) >= 11 is 0. The van der Waals surface area contributed by atoms with Crippen molar-refractivity contribution < 1.29 is 4.79 Å². The Balaban J connectivity index is 1.51. The van der Waals surface area contributed by atoms with Gasteiger partial charge in [0.2, 0.25) is 6.29 Å².